The van der Waals surface area contributed by atoms with Crippen molar-refractivity contribution in [1.29, 1.82) is 0 Å². The van der Waals surface area contributed by atoms with Crippen LogP contribution in [0.25, 0.3) is 22.2 Å². The fraction of sp³-hybridized carbons (Fsp3) is 0.333. The molecule has 13 heteroatoms. The van der Waals surface area contributed by atoms with Crippen LogP contribution in [-0.2, 0) is 11.8 Å². The van der Waals surface area contributed by atoms with E-state index in [0.717, 1.165) is 52.9 Å². The molecule has 4 N–H and O–H groups in total. The number of para-hydroxylation sites is 1. The summed E-state index contributed by atoms with van der Waals surface area (Å²) in [4.78, 5) is 36.4. The molecule has 0 aliphatic carbocycles. The molecule has 1 atom stereocenters. The van der Waals surface area contributed by atoms with Crippen molar-refractivity contribution in [1.82, 2.24) is 39.6 Å². The van der Waals surface area contributed by atoms with Gasteiger partial charge in [0.15, 0.2) is 5.82 Å². The number of anilines is 4. The van der Waals surface area contributed by atoms with Crippen molar-refractivity contribution in [2.75, 3.05) is 42.1 Å². The molecule has 43 heavy (non-hydrogen) atoms. The second-order valence-corrected chi connectivity index (χ2v) is 10.6. The van der Waals surface area contributed by atoms with Crippen LogP contribution in [-0.4, -0.2) is 77.8 Å². The Morgan fingerprint density at radius 2 is 2.05 bits per heavy atom. The van der Waals surface area contributed by atoms with Gasteiger partial charge in [-0.2, -0.15) is 10.1 Å². The molecule has 0 bridgehead atoms. The number of fused-ring (bicyclic) bond motifs is 1. The molecule has 0 saturated carbocycles. The molecular weight excluding hydrogens is 546 g/mol. The molecule has 5 aromatic rings. The van der Waals surface area contributed by atoms with Gasteiger partial charge in [0.05, 0.1) is 23.4 Å². The lowest BCUT2D eigenvalue weighted by atomic mass is 10.1. The van der Waals surface area contributed by atoms with E-state index in [1.807, 2.05) is 58.3 Å². The number of benzene rings is 1. The third kappa shape index (κ3) is 6.26. The predicted molar refractivity (Wildman–Crippen MR) is 166 cm³/mol. The molecule has 1 unspecified atom stereocenters. The number of aromatic nitrogens is 7. The van der Waals surface area contributed by atoms with E-state index in [2.05, 4.69) is 45.9 Å². The number of aromatic amines is 1. The van der Waals surface area contributed by atoms with Crippen molar-refractivity contribution in [3.8, 4) is 17.1 Å². The van der Waals surface area contributed by atoms with Crippen LogP contribution in [0.1, 0.15) is 24.6 Å². The summed E-state index contributed by atoms with van der Waals surface area (Å²) in [6, 6.07) is 9.55. The highest BCUT2D eigenvalue weighted by molar-refractivity contribution is 6.06. The van der Waals surface area contributed by atoms with Crippen molar-refractivity contribution >= 4 is 40.2 Å². The minimum absolute atomic E-state index is 0.0382. The highest BCUT2D eigenvalue weighted by atomic mass is 16.5. The molecule has 13 nitrogen and oxygen atoms in total. The Labute approximate surface area is 249 Å². The van der Waals surface area contributed by atoms with Gasteiger partial charge in [0.1, 0.15) is 6.10 Å². The summed E-state index contributed by atoms with van der Waals surface area (Å²) in [5.74, 6) is 2.13. The number of ether oxygens (including phenoxy) is 1. The van der Waals surface area contributed by atoms with Gasteiger partial charge in [-0.25, -0.2) is 15.0 Å². The molecule has 0 radical (unpaired) electrons. The highest BCUT2D eigenvalue weighted by Gasteiger charge is 2.26. The van der Waals surface area contributed by atoms with Gasteiger partial charge in [0.2, 0.25) is 23.7 Å². The topological polar surface area (TPSA) is 151 Å². The Morgan fingerprint density at radius 3 is 2.86 bits per heavy atom. The van der Waals surface area contributed by atoms with Crippen molar-refractivity contribution < 1.29 is 9.53 Å². The number of likely N-dealkylation sites (tertiary alicyclic amines) is 1. The SMILES string of the molecule is CCNc1nccc(OC2CCN(CC(=O)Nc3cccc4c(-c5nc(Nc6cc(C)n(C)n6)ncc5C)c[nH]c34)C2)n1. The lowest BCUT2D eigenvalue weighted by molar-refractivity contribution is -0.117. The first-order chi connectivity index (χ1) is 20.9. The van der Waals surface area contributed by atoms with Crippen LogP contribution < -0.4 is 20.7 Å². The van der Waals surface area contributed by atoms with Crippen LogP contribution in [0.3, 0.4) is 0 Å². The molecule has 4 aromatic heterocycles. The zero-order valence-electron chi connectivity index (χ0n) is 24.7. The number of aryl methyl sites for hydroxylation is 3. The number of H-pyrrole nitrogens is 1. The molecule has 0 spiro atoms. The van der Waals surface area contributed by atoms with Gasteiger partial charge in [-0.15, -0.1) is 0 Å². The van der Waals surface area contributed by atoms with Crippen LogP contribution in [0.5, 0.6) is 5.88 Å². The number of hydrogen-bond acceptors (Lipinski definition) is 10. The van der Waals surface area contributed by atoms with Gasteiger partial charge in [-0.05, 0) is 38.8 Å². The molecule has 1 fully saturated rings. The number of amides is 1. The summed E-state index contributed by atoms with van der Waals surface area (Å²) >= 11 is 0. The van der Waals surface area contributed by atoms with E-state index in [0.29, 0.717) is 35.8 Å². The van der Waals surface area contributed by atoms with Crippen molar-refractivity contribution in [2.45, 2.75) is 33.3 Å². The maximum atomic E-state index is 13.1. The fourth-order valence-electron chi connectivity index (χ4n) is 5.22. The van der Waals surface area contributed by atoms with Gasteiger partial charge in [-0.3, -0.25) is 14.4 Å². The zero-order chi connectivity index (χ0) is 29.9. The average Bonchev–Trinajstić information content (AvgIpc) is 3.69. The summed E-state index contributed by atoms with van der Waals surface area (Å²) in [6.45, 7) is 8.37. The maximum Gasteiger partial charge on any atom is 0.238 e. The molecule has 6 rings (SSSR count). The second-order valence-electron chi connectivity index (χ2n) is 10.6. The van der Waals surface area contributed by atoms with Crippen LogP contribution in [0.2, 0.25) is 0 Å². The first-order valence-corrected chi connectivity index (χ1v) is 14.3. The lowest BCUT2D eigenvalue weighted by Gasteiger charge is -2.16. The number of carbonyl (C=O) groups excluding carboxylic acids is 1. The van der Waals surface area contributed by atoms with Crippen LogP contribution in [0, 0.1) is 13.8 Å². The third-order valence-electron chi connectivity index (χ3n) is 7.42. The molecular formula is C30H35N11O2. The van der Waals surface area contributed by atoms with Gasteiger partial charge < -0.3 is 25.7 Å². The van der Waals surface area contributed by atoms with Crippen molar-refractivity contribution in [3.63, 3.8) is 0 Å². The van der Waals surface area contributed by atoms with Crippen molar-refractivity contribution in [3.05, 3.63) is 60.2 Å². The number of carbonyl (C=O) groups is 1. The Kier molecular flexibility index (Phi) is 7.88. The summed E-state index contributed by atoms with van der Waals surface area (Å²) in [6.07, 6.45) is 6.17. The van der Waals surface area contributed by atoms with E-state index in [1.165, 1.54) is 0 Å². The minimum atomic E-state index is -0.0869. The molecule has 1 saturated heterocycles. The van der Waals surface area contributed by atoms with E-state index in [4.69, 9.17) is 9.72 Å². The summed E-state index contributed by atoms with van der Waals surface area (Å²) in [7, 11) is 1.89. The van der Waals surface area contributed by atoms with E-state index in [9.17, 15) is 4.79 Å². The Morgan fingerprint density at radius 1 is 1.16 bits per heavy atom. The molecule has 1 aromatic carbocycles. The maximum absolute atomic E-state index is 13.1. The van der Waals surface area contributed by atoms with Crippen LogP contribution >= 0.6 is 0 Å². The molecule has 1 aliphatic rings. The number of nitrogens with one attached hydrogen (secondary N) is 4. The Bertz CT molecular complexity index is 1740. The van der Waals surface area contributed by atoms with Crippen LogP contribution in [0.15, 0.2) is 48.9 Å². The van der Waals surface area contributed by atoms with E-state index in [1.54, 1.807) is 23.1 Å². The van der Waals surface area contributed by atoms with Gasteiger partial charge in [-0.1, -0.05) is 12.1 Å². The standard InChI is InChI=1S/C30H35N11O2/c1-5-31-29-32-11-9-26(37-29)43-20-10-12-41(16-20)17-25(42)35-23-8-6-7-21-22(15-33-28(21)23)27-18(2)14-34-30(38-27)36-24-13-19(3)40(4)39-24/h6-9,11,13-15,20,33H,5,10,12,16-17H2,1-4H3,(H,35,42)(H,31,32,37)(H,34,36,38,39). The summed E-state index contributed by atoms with van der Waals surface area (Å²) in [5, 5.41) is 14.8. The van der Waals surface area contributed by atoms with Gasteiger partial charge in [0, 0.05) is 74.0 Å². The largest absolute Gasteiger partial charge is 0.473 e. The smallest absolute Gasteiger partial charge is 0.238 e. The Hall–Kier alpha value is -5.04. The van der Waals surface area contributed by atoms with E-state index >= 15 is 0 Å². The monoisotopic (exact) mass is 581 g/mol. The zero-order valence-corrected chi connectivity index (χ0v) is 24.7. The number of nitrogens with zero attached hydrogens (tertiary/aromatic N) is 7. The molecule has 222 valence electrons. The first-order valence-electron chi connectivity index (χ1n) is 14.3. The average molecular weight is 582 g/mol. The van der Waals surface area contributed by atoms with Gasteiger partial charge in [0.25, 0.3) is 0 Å². The molecule has 1 amide bonds. The Balaban J connectivity index is 1.12. The highest BCUT2D eigenvalue weighted by Crippen LogP contribution is 2.33. The number of rotatable bonds is 10. The van der Waals surface area contributed by atoms with Gasteiger partial charge >= 0.3 is 0 Å². The van der Waals surface area contributed by atoms with Crippen molar-refractivity contribution in [2.24, 2.45) is 7.05 Å². The lowest BCUT2D eigenvalue weighted by Crippen LogP contribution is -2.33. The normalized spacial score (nSPS) is 15.1. The fourth-order valence-corrected chi connectivity index (χ4v) is 5.22. The molecule has 1 aliphatic heterocycles. The van der Waals surface area contributed by atoms with E-state index < -0.39 is 0 Å². The first kappa shape index (κ1) is 28.1. The van der Waals surface area contributed by atoms with Crippen LogP contribution in [0.4, 0.5) is 23.4 Å². The third-order valence-corrected chi connectivity index (χ3v) is 7.42. The predicted octanol–water partition coefficient (Wildman–Crippen LogP) is 4.03. The summed E-state index contributed by atoms with van der Waals surface area (Å²) < 4.78 is 7.86. The quantitative estimate of drug-likeness (QED) is 0.190. The van der Waals surface area contributed by atoms with E-state index in [-0.39, 0.29) is 18.6 Å². The summed E-state index contributed by atoms with van der Waals surface area (Å²) in [5.41, 5.74) is 5.23. The second kappa shape index (κ2) is 12.1. The minimum Gasteiger partial charge on any atom is -0.473 e. The molecule has 5 heterocycles. The number of hydrogen-bond donors (Lipinski definition) is 4.